The van der Waals surface area contributed by atoms with Gasteiger partial charge in [-0.2, -0.15) is 5.10 Å². The monoisotopic (exact) mass is 244 g/mol. The van der Waals surface area contributed by atoms with Crippen LogP contribution in [0.4, 0.5) is 5.69 Å². The summed E-state index contributed by atoms with van der Waals surface area (Å²) < 4.78 is 0. The Balaban J connectivity index is 2.08. The van der Waals surface area contributed by atoms with Gasteiger partial charge in [0.25, 0.3) is 0 Å². The molecule has 86 valence electrons. The molecule has 0 aliphatic heterocycles. The Morgan fingerprint density at radius 1 is 1.00 bits per heavy atom. The number of hydrogen-bond acceptors (Lipinski definition) is 2. The van der Waals surface area contributed by atoms with Gasteiger partial charge in [0.1, 0.15) is 0 Å². The normalized spacial score (nSPS) is 11.3. The summed E-state index contributed by atoms with van der Waals surface area (Å²) in [6, 6.07) is 17.5. The fourth-order valence-electron chi connectivity index (χ4n) is 1.42. The van der Waals surface area contributed by atoms with Crippen molar-refractivity contribution < 1.29 is 0 Å². The average molecular weight is 245 g/mol. The SMILES string of the molecule is C/C(=N/Nc1ccc(Cl)cc1)c1ccccc1. The third-order valence-corrected chi connectivity index (χ3v) is 2.64. The van der Waals surface area contributed by atoms with Gasteiger partial charge in [-0.25, -0.2) is 0 Å². The smallest absolute Gasteiger partial charge is 0.0648 e. The predicted octanol–water partition coefficient (Wildman–Crippen LogP) is 4.18. The van der Waals surface area contributed by atoms with Crippen LogP contribution in [0.15, 0.2) is 59.7 Å². The maximum absolute atomic E-state index is 5.81. The van der Waals surface area contributed by atoms with Crippen LogP contribution in [-0.2, 0) is 0 Å². The van der Waals surface area contributed by atoms with E-state index in [0.29, 0.717) is 0 Å². The number of anilines is 1. The minimum atomic E-state index is 0.722. The van der Waals surface area contributed by atoms with E-state index in [9.17, 15) is 0 Å². The number of rotatable bonds is 3. The maximum Gasteiger partial charge on any atom is 0.0648 e. The van der Waals surface area contributed by atoms with Gasteiger partial charge in [0.2, 0.25) is 0 Å². The van der Waals surface area contributed by atoms with Gasteiger partial charge in [-0.1, -0.05) is 41.9 Å². The Bertz CT molecular complexity index is 504. The van der Waals surface area contributed by atoms with Crippen molar-refractivity contribution in [1.82, 2.24) is 0 Å². The van der Waals surface area contributed by atoms with Gasteiger partial charge in [0.15, 0.2) is 0 Å². The number of hydrogen-bond donors (Lipinski definition) is 1. The third kappa shape index (κ3) is 3.33. The van der Waals surface area contributed by atoms with Crippen LogP contribution in [0, 0.1) is 0 Å². The van der Waals surface area contributed by atoms with Crippen LogP contribution in [0.2, 0.25) is 5.02 Å². The van der Waals surface area contributed by atoms with Crippen molar-refractivity contribution in [3.05, 3.63) is 65.2 Å². The second-order valence-electron chi connectivity index (χ2n) is 3.68. The van der Waals surface area contributed by atoms with Crippen LogP contribution in [0.5, 0.6) is 0 Å². The summed E-state index contributed by atoms with van der Waals surface area (Å²) in [5.74, 6) is 0. The number of nitrogens with one attached hydrogen (secondary N) is 1. The lowest BCUT2D eigenvalue weighted by atomic mass is 10.1. The van der Waals surface area contributed by atoms with Crippen LogP contribution in [0.1, 0.15) is 12.5 Å². The van der Waals surface area contributed by atoms with Gasteiger partial charge in [0.05, 0.1) is 11.4 Å². The number of nitrogens with zero attached hydrogens (tertiary/aromatic N) is 1. The van der Waals surface area contributed by atoms with E-state index in [1.807, 2.05) is 61.5 Å². The third-order valence-electron chi connectivity index (χ3n) is 2.39. The lowest BCUT2D eigenvalue weighted by molar-refractivity contribution is 1.32. The zero-order chi connectivity index (χ0) is 12.1. The van der Waals surface area contributed by atoms with Crippen molar-refractivity contribution in [3.63, 3.8) is 0 Å². The minimum absolute atomic E-state index is 0.722. The van der Waals surface area contributed by atoms with E-state index in [-0.39, 0.29) is 0 Å². The van der Waals surface area contributed by atoms with E-state index in [1.165, 1.54) is 0 Å². The van der Waals surface area contributed by atoms with Crippen molar-refractivity contribution in [1.29, 1.82) is 0 Å². The molecular formula is C14H13ClN2. The molecule has 0 unspecified atom stereocenters. The molecule has 0 aliphatic rings. The molecule has 2 aromatic rings. The van der Waals surface area contributed by atoms with E-state index in [1.54, 1.807) is 0 Å². The highest BCUT2D eigenvalue weighted by molar-refractivity contribution is 6.30. The van der Waals surface area contributed by atoms with Gasteiger partial charge in [-0.15, -0.1) is 0 Å². The zero-order valence-corrected chi connectivity index (χ0v) is 10.3. The summed E-state index contributed by atoms with van der Waals surface area (Å²) in [5, 5.41) is 5.04. The molecule has 0 atom stereocenters. The Kier molecular flexibility index (Phi) is 3.78. The largest absolute Gasteiger partial charge is 0.278 e. The highest BCUT2D eigenvalue weighted by Crippen LogP contribution is 2.13. The van der Waals surface area contributed by atoms with Gasteiger partial charge in [0, 0.05) is 5.02 Å². The molecule has 0 aromatic heterocycles. The Morgan fingerprint density at radius 3 is 2.29 bits per heavy atom. The first-order valence-electron chi connectivity index (χ1n) is 5.37. The summed E-state index contributed by atoms with van der Waals surface area (Å²) in [4.78, 5) is 0. The molecule has 0 heterocycles. The number of halogens is 1. The lowest BCUT2D eigenvalue weighted by Crippen LogP contribution is -1.99. The highest BCUT2D eigenvalue weighted by atomic mass is 35.5. The van der Waals surface area contributed by atoms with Crippen LogP contribution < -0.4 is 5.43 Å². The van der Waals surface area contributed by atoms with Crippen molar-refractivity contribution in [2.75, 3.05) is 5.43 Å². The minimum Gasteiger partial charge on any atom is -0.278 e. The first-order valence-corrected chi connectivity index (χ1v) is 5.75. The molecule has 17 heavy (non-hydrogen) atoms. The molecular weight excluding hydrogens is 232 g/mol. The second-order valence-corrected chi connectivity index (χ2v) is 4.12. The number of hydrazone groups is 1. The van der Waals surface area contributed by atoms with Gasteiger partial charge >= 0.3 is 0 Å². The molecule has 2 rings (SSSR count). The van der Waals surface area contributed by atoms with Crippen LogP contribution in [0.3, 0.4) is 0 Å². The standard InChI is InChI=1S/C14H13ClN2/c1-11(12-5-3-2-4-6-12)16-17-14-9-7-13(15)8-10-14/h2-10,17H,1H3/b16-11-. The Morgan fingerprint density at radius 2 is 1.65 bits per heavy atom. The summed E-state index contributed by atoms with van der Waals surface area (Å²) in [6.07, 6.45) is 0. The second kappa shape index (κ2) is 5.51. The first kappa shape index (κ1) is 11.7. The fourth-order valence-corrected chi connectivity index (χ4v) is 1.54. The van der Waals surface area contributed by atoms with Gasteiger partial charge in [-0.05, 0) is 36.8 Å². The molecule has 3 heteroatoms. The Hall–Kier alpha value is -1.80. The number of benzene rings is 2. The summed E-state index contributed by atoms with van der Waals surface area (Å²) in [5.41, 5.74) is 5.97. The van der Waals surface area contributed by atoms with E-state index in [4.69, 9.17) is 11.6 Å². The van der Waals surface area contributed by atoms with Crippen molar-refractivity contribution in [2.45, 2.75) is 6.92 Å². The van der Waals surface area contributed by atoms with Gasteiger partial charge in [-0.3, -0.25) is 5.43 Å². The molecule has 2 nitrogen and oxygen atoms in total. The molecule has 0 aliphatic carbocycles. The highest BCUT2D eigenvalue weighted by Gasteiger charge is 1.95. The first-order chi connectivity index (χ1) is 8.25. The van der Waals surface area contributed by atoms with E-state index < -0.39 is 0 Å². The molecule has 0 amide bonds. The molecule has 0 spiro atoms. The molecule has 0 fully saturated rings. The Labute approximate surface area is 106 Å². The quantitative estimate of drug-likeness (QED) is 0.636. The fraction of sp³-hybridized carbons (Fsp3) is 0.0714. The summed E-state index contributed by atoms with van der Waals surface area (Å²) in [6.45, 7) is 1.97. The van der Waals surface area contributed by atoms with Crippen LogP contribution in [-0.4, -0.2) is 5.71 Å². The zero-order valence-electron chi connectivity index (χ0n) is 9.52. The van der Waals surface area contributed by atoms with Crippen LogP contribution in [0.25, 0.3) is 0 Å². The van der Waals surface area contributed by atoms with Gasteiger partial charge < -0.3 is 0 Å². The van der Waals surface area contributed by atoms with Crippen LogP contribution >= 0.6 is 11.6 Å². The molecule has 2 aromatic carbocycles. The van der Waals surface area contributed by atoms with Crippen molar-refractivity contribution in [3.8, 4) is 0 Å². The molecule has 1 N–H and O–H groups in total. The van der Waals surface area contributed by atoms with Crippen molar-refractivity contribution in [2.24, 2.45) is 5.10 Å². The topological polar surface area (TPSA) is 24.4 Å². The maximum atomic E-state index is 5.81. The van der Waals surface area contributed by atoms with E-state index in [2.05, 4.69) is 10.5 Å². The van der Waals surface area contributed by atoms with E-state index >= 15 is 0 Å². The molecule has 0 saturated heterocycles. The average Bonchev–Trinajstić information content (AvgIpc) is 2.39. The molecule has 0 bridgehead atoms. The lowest BCUT2D eigenvalue weighted by Gasteiger charge is -2.03. The molecule has 0 saturated carbocycles. The summed E-state index contributed by atoms with van der Waals surface area (Å²) >= 11 is 5.81. The van der Waals surface area contributed by atoms with E-state index in [0.717, 1.165) is 22.0 Å². The molecule has 0 radical (unpaired) electrons. The predicted molar refractivity (Wildman–Crippen MR) is 73.7 cm³/mol. The summed E-state index contributed by atoms with van der Waals surface area (Å²) in [7, 11) is 0. The van der Waals surface area contributed by atoms with Crippen molar-refractivity contribution >= 4 is 23.0 Å².